The van der Waals surface area contributed by atoms with Crippen molar-refractivity contribution in [2.45, 2.75) is 44.8 Å². The molecule has 0 radical (unpaired) electrons. The summed E-state index contributed by atoms with van der Waals surface area (Å²) in [7, 11) is 1.67. The number of rotatable bonds is 6. The van der Waals surface area contributed by atoms with Gasteiger partial charge in [0, 0.05) is 18.7 Å². The van der Waals surface area contributed by atoms with Crippen molar-refractivity contribution in [3.63, 3.8) is 0 Å². The van der Waals surface area contributed by atoms with E-state index in [9.17, 15) is 5.11 Å². The van der Waals surface area contributed by atoms with Crippen molar-refractivity contribution in [1.82, 2.24) is 10.6 Å². The molecule has 0 aliphatic heterocycles. The molecule has 1 aromatic rings. The zero-order valence-corrected chi connectivity index (χ0v) is 16.3. The molecule has 0 aromatic heterocycles. The highest BCUT2D eigenvalue weighted by Crippen LogP contribution is 2.28. The topological polar surface area (TPSA) is 65.9 Å². The van der Waals surface area contributed by atoms with Gasteiger partial charge < -0.3 is 20.5 Å². The van der Waals surface area contributed by atoms with Gasteiger partial charge in [0.2, 0.25) is 0 Å². The molecule has 1 aliphatic carbocycles. The summed E-state index contributed by atoms with van der Waals surface area (Å²) in [5, 5.41) is 16.9. The first-order chi connectivity index (χ1) is 10.7. The largest absolute Gasteiger partial charge is 0.496 e. The molecule has 0 unspecified atom stereocenters. The Morgan fingerprint density at radius 3 is 2.61 bits per heavy atom. The van der Waals surface area contributed by atoms with Gasteiger partial charge in [0.25, 0.3) is 0 Å². The molecule has 2 rings (SSSR count). The number of guanidine groups is 1. The predicted molar refractivity (Wildman–Crippen MR) is 105 cm³/mol. The Labute approximate surface area is 155 Å². The van der Waals surface area contributed by atoms with Gasteiger partial charge in [0.1, 0.15) is 5.75 Å². The molecule has 23 heavy (non-hydrogen) atoms. The number of nitrogens with one attached hydrogen (secondary N) is 2. The van der Waals surface area contributed by atoms with Crippen LogP contribution in [0, 0.1) is 0 Å². The fraction of sp³-hybridized carbons (Fsp3) is 0.588. The molecule has 1 saturated carbocycles. The second kappa shape index (κ2) is 9.97. The van der Waals surface area contributed by atoms with E-state index in [1.165, 1.54) is 0 Å². The van der Waals surface area contributed by atoms with Crippen LogP contribution in [0.2, 0.25) is 0 Å². The first-order valence-electron chi connectivity index (χ1n) is 8.03. The molecule has 0 spiro atoms. The van der Waals surface area contributed by atoms with Crippen molar-refractivity contribution in [1.29, 1.82) is 0 Å². The number of benzene rings is 1. The number of para-hydroxylation sites is 1. The van der Waals surface area contributed by atoms with Gasteiger partial charge in [-0.25, -0.2) is 4.99 Å². The van der Waals surface area contributed by atoms with Gasteiger partial charge in [-0.2, -0.15) is 0 Å². The molecule has 130 valence electrons. The maximum atomic E-state index is 10.4. The third-order valence-electron chi connectivity index (χ3n) is 4.06. The molecule has 6 heteroatoms. The van der Waals surface area contributed by atoms with Crippen LogP contribution in [0.15, 0.2) is 29.3 Å². The summed E-state index contributed by atoms with van der Waals surface area (Å²) in [5.41, 5.74) is 0.461. The van der Waals surface area contributed by atoms with E-state index < -0.39 is 5.60 Å². The summed E-state index contributed by atoms with van der Waals surface area (Å²) < 4.78 is 5.34. The zero-order chi connectivity index (χ0) is 15.8. The Kier molecular flexibility index (Phi) is 8.68. The maximum Gasteiger partial charge on any atom is 0.191 e. The Bertz CT molecular complexity index is 502. The highest BCUT2D eigenvalue weighted by molar-refractivity contribution is 14.0. The minimum atomic E-state index is -0.583. The first-order valence-corrected chi connectivity index (χ1v) is 8.03. The molecule has 1 aliphatic rings. The lowest BCUT2D eigenvalue weighted by Crippen LogP contribution is -2.46. The van der Waals surface area contributed by atoms with Crippen molar-refractivity contribution in [3.8, 4) is 5.75 Å². The molecule has 3 N–H and O–H groups in total. The van der Waals surface area contributed by atoms with Crippen LogP contribution in [0.1, 0.15) is 38.2 Å². The van der Waals surface area contributed by atoms with Crippen LogP contribution in [0.4, 0.5) is 0 Å². The van der Waals surface area contributed by atoms with E-state index in [2.05, 4.69) is 15.6 Å². The summed E-state index contributed by atoms with van der Waals surface area (Å²) in [4.78, 5) is 4.59. The Morgan fingerprint density at radius 2 is 1.96 bits per heavy atom. The molecule has 0 saturated heterocycles. The van der Waals surface area contributed by atoms with E-state index in [0.717, 1.165) is 49.5 Å². The van der Waals surface area contributed by atoms with E-state index >= 15 is 0 Å². The number of ether oxygens (including phenoxy) is 1. The van der Waals surface area contributed by atoms with Gasteiger partial charge in [-0.15, -0.1) is 24.0 Å². The summed E-state index contributed by atoms with van der Waals surface area (Å²) in [5.74, 6) is 1.57. The Balaban J connectivity index is 0.00000264. The average molecular weight is 433 g/mol. The van der Waals surface area contributed by atoms with E-state index in [1.807, 2.05) is 31.2 Å². The second-order valence-electron chi connectivity index (χ2n) is 5.79. The smallest absolute Gasteiger partial charge is 0.191 e. The van der Waals surface area contributed by atoms with Gasteiger partial charge in [-0.05, 0) is 25.8 Å². The van der Waals surface area contributed by atoms with Crippen molar-refractivity contribution in [2.75, 3.05) is 20.2 Å². The summed E-state index contributed by atoms with van der Waals surface area (Å²) in [6.07, 6.45) is 3.94. The summed E-state index contributed by atoms with van der Waals surface area (Å²) in [6, 6.07) is 7.88. The molecular formula is C17H28IN3O2. The molecule has 0 atom stereocenters. The van der Waals surface area contributed by atoms with Crippen LogP contribution in [-0.4, -0.2) is 36.9 Å². The van der Waals surface area contributed by atoms with Crippen LogP contribution < -0.4 is 15.4 Å². The molecule has 0 bridgehead atoms. The van der Waals surface area contributed by atoms with Crippen molar-refractivity contribution < 1.29 is 9.84 Å². The van der Waals surface area contributed by atoms with Crippen LogP contribution in [-0.2, 0) is 6.54 Å². The molecule has 5 nitrogen and oxygen atoms in total. The van der Waals surface area contributed by atoms with Crippen molar-refractivity contribution in [2.24, 2.45) is 4.99 Å². The maximum absolute atomic E-state index is 10.4. The normalized spacial score (nSPS) is 16.6. The highest BCUT2D eigenvalue weighted by Gasteiger charge is 2.30. The Hall–Kier alpha value is -1.02. The monoisotopic (exact) mass is 433 g/mol. The fourth-order valence-corrected chi connectivity index (χ4v) is 2.80. The number of methoxy groups -OCH3 is 1. The average Bonchev–Trinajstić information content (AvgIpc) is 2.97. The number of aliphatic hydroxyl groups is 1. The third kappa shape index (κ3) is 6.18. The number of aliphatic imine (C=N–C) groups is 1. The minimum Gasteiger partial charge on any atom is -0.496 e. The van der Waals surface area contributed by atoms with Crippen LogP contribution in [0.25, 0.3) is 0 Å². The molecular weight excluding hydrogens is 405 g/mol. The third-order valence-corrected chi connectivity index (χ3v) is 4.06. The van der Waals surface area contributed by atoms with Gasteiger partial charge in [0.15, 0.2) is 5.96 Å². The quantitative estimate of drug-likeness (QED) is 0.367. The van der Waals surface area contributed by atoms with Crippen LogP contribution in [0.5, 0.6) is 5.75 Å². The Morgan fingerprint density at radius 1 is 1.26 bits per heavy atom. The molecule has 1 fully saturated rings. The molecule has 1 aromatic carbocycles. The lowest BCUT2D eigenvalue weighted by Gasteiger charge is -2.23. The van der Waals surface area contributed by atoms with Crippen LogP contribution in [0.3, 0.4) is 0 Å². The van der Waals surface area contributed by atoms with Crippen molar-refractivity contribution in [3.05, 3.63) is 29.8 Å². The van der Waals surface area contributed by atoms with Gasteiger partial charge >= 0.3 is 0 Å². The molecule has 0 heterocycles. The van der Waals surface area contributed by atoms with Gasteiger partial charge in [0.05, 0.1) is 19.3 Å². The van der Waals surface area contributed by atoms with E-state index in [1.54, 1.807) is 7.11 Å². The van der Waals surface area contributed by atoms with Crippen molar-refractivity contribution >= 4 is 29.9 Å². The lowest BCUT2D eigenvalue weighted by molar-refractivity contribution is 0.0522. The number of halogens is 1. The van der Waals surface area contributed by atoms with E-state index in [-0.39, 0.29) is 24.0 Å². The SMILES string of the molecule is CCNC(=NCc1ccccc1OC)NCC1(O)CCCC1.I. The van der Waals surface area contributed by atoms with E-state index in [0.29, 0.717) is 13.1 Å². The standard InChI is InChI=1S/C17H27N3O2.HI/c1-3-18-16(20-13-17(21)10-6-7-11-17)19-12-14-8-4-5-9-15(14)22-2;/h4-5,8-9,21H,3,6-7,10-13H2,1-2H3,(H2,18,19,20);1H. The van der Waals surface area contributed by atoms with E-state index in [4.69, 9.17) is 4.74 Å². The number of hydrogen-bond donors (Lipinski definition) is 3. The summed E-state index contributed by atoms with van der Waals surface area (Å²) >= 11 is 0. The van der Waals surface area contributed by atoms with Gasteiger partial charge in [-0.3, -0.25) is 0 Å². The lowest BCUT2D eigenvalue weighted by atomic mass is 10.0. The second-order valence-corrected chi connectivity index (χ2v) is 5.79. The molecule has 0 amide bonds. The minimum absolute atomic E-state index is 0. The fourth-order valence-electron chi connectivity index (χ4n) is 2.80. The van der Waals surface area contributed by atoms with Gasteiger partial charge in [-0.1, -0.05) is 31.0 Å². The number of nitrogens with zero attached hydrogens (tertiary/aromatic N) is 1. The predicted octanol–water partition coefficient (Wildman–Crippen LogP) is 2.67. The zero-order valence-electron chi connectivity index (χ0n) is 14.0. The first kappa shape index (κ1) is 20.0. The highest BCUT2D eigenvalue weighted by atomic mass is 127. The number of hydrogen-bond acceptors (Lipinski definition) is 3. The summed E-state index contributed by atoms with van der Waals surface area (Å²) in [6.45, 7) is 3.91. The van der Waals surface area contributed by atoms with Crippen LogP contribution >= 0.6 is 24.0 Å².